The van der Waals surface area contributed by atoms with Gasteiger partial charge in [0.2, 0.25) is 0 Å². The van der Waals surface area contributed by atoms with Gasteiger partial charge in [-0.25, -0.2) is 0 Å². The van der Waals surface area contributed by atoms with Crippen molar-refractivity contribution in [3.8, 4) is 0 Å². The Labute approximate surface area is 112 Å². The summed E-state index contributed by atoms with van der Waals surface area (Å²) in [5.41, 5.74) is 0. The molecule has 0 heterocycles. The Bertz CT molecular complexity index is 10.1. The molecule has 7 heavy (non-hydrogen) atoms. The van der Waals surface area contributed by atoms with E-state index in [9.17, 15) is 0 Å². The van der Waals surface area contributed by atoms with Crippen molar-refractivity contribution < 1.29 is 115 Å². The van der Waals surface area contributed by atoms with Gasteiger partial charge in [-0.3, -0.25) is 0 Å². The SMILES string of the molecule is [Na+].[Na+].[Na+].[O-][Cl+][O-].[OH-]. The maximum absolute atomic E-state index is 8.24. The summed E-state index contributed by atoms with van der Waals surface area (Å²) in [4.78, 5) is 0. The van der Waals surface area contributed by atoms with Gasteiger partial charge >= 0.3 is 88.7 Å². The zero-order valence-electron chi connectivity index (χ0n) is 4.64. The summed E-state index contributed by atoms with van der Waals surface area (Å²) in [6.45, 7) is 0. The molecule has 0 aromatic carbocycles. The average Bonchev–Trinajstić information content (AvgIpc) is 0.918. The Morgan fingerprint density at radius 3 is 0.857 bits per heavy atom. The van der Waals surface area contributed by atoms with Crippen LogP contribution in [0.1, 0.15) is 0 Å². The fourth-order valence-corrected chi connectivity index (χ4v) is 0. The second kappa shape index (κ2) is 35.2. The number of rotatable bonds is 0. The van der Waals surface area contributed by atoms with Crippen LogP contribution in [0.3, 0.4) is 0 Å². The summed E-state index contributed by atoms with van der Waals surface area (Å²) in [6.07, 6.45) is 0. The Kier molecular flexibility index (Phi) is 161. The topological polar surface area (TPSA) is 76.1 Å². The fraction of sp³-hybridized carbons (Fsp3) is 0. The smallest absolute Gasteiger partial charge is 0.870 e. The van der Waals surface area contributed by atoms with Crippen LogP contribution in [-0.4, -0.2) is 5.48 Å². The summed E-state index contributed by atoms with van der Waals surface area (Å²) >= 11 is -0.417. The molecule has 0 saturated heterocycles. The van der Waals surface area contributed by atoms with Crippen molar-refractivity contribution in [1.29, 1.82) is 0 Å². The van der Waals surface area contributed by atoms with E-state index in [2.05, 4.69) is 0 Å². The second-order valence-corrected chi connectivity index (χ2v) is 0.189. The third-order valence-electron chi connectivity index (χ3n) is 0. The van der Waals surface area contributed by atoms with Crippen LogP contribution in [0.25, 0.3) is 0 Å². The van der Waals surface area contributed by atoms with Crippen molar-refractivity contribution in [2.45, 2.75) is 0 Å². The van der Waals surface area contributed by atoms with E-state index in [0.717, 1.165) is 0 Å². The van der Waals surface area contributed by atoms with Crippen LogP contribution in [0, 0.1) is 11.3 Å². The first kappa shape index (κ1) is 32.0. The van der Waals surface area contributed by atoms with Crippen LogP contribution >= 0.6 is 0 Å². The summed E-state index contributed by atoms with van der Waals surface area (Å²) < 4.78 is 16.5. The molecule has 0 aromatic heterocycles. The molecule has 0 aliphatic carbocycles. The van der Waals surface area contributed by atoms with E-state index >= 15 is 0 Å². The molecule has 7 heteroatoms. The molecular formula is HClNa3O3+. The van der Waals surface area contributed by atoms with Crippen molar-refractivity contribution >= 4 is 0 Å². The van der Waals surface area contributed by atoms with Gasteiger partial charge in [0, 0.05) is 0 Å². The summed E-state index contributed by atoms with van der Waals surface area (Å²) in [5.74, 6) is 0. The zero-order valence-corrected chi connectivity index (χ0v) is 11.4. The molecule has 0 amide bonds. The summed E-state index contributed by atoms with van der Waals surface area (Å²) in [5, 5.41) is 0. The first-order valence-corrected chi connectivity index (χ1v) is 0.926. The summed E-state index contributed by atoms with van der Waals surface area (Å²) in [6, 6.07) is 0. The first-order valence-electron chi connectivity index (χ1n) is 0.309. The molecule has 0 bridgehead atoms. The van der Waals surface area contributed by atoms with Crippen molar-refractivity contribution in [1.82, 2.24) is 0 Å². The van der Waals surface area contributed by atoms with E-state index in [-0.39, 0.29) is 94.1 Å². The molecule has 0 fully saturated rings. The van der Waals surface area contributed by atoms with E-state index in [1.54, 1.807) is 0 Å². The first-order chi connectivity index (χ1) is 1.41. The van der Waals surface area contributed by atoms with Crippen LogP contribution in [0.5, 0.6) is 0 Å². The Hall–Kier alpha value is 3.17. The number of halogens is 1. The third kappa shape index (κ3) is 46.9. The van der Waals surface area contributed by atoms with E-state index in [4.69, 9.17) is 9.32 Å². The summed E-state index contributed by atoms with van der Waals surface area (Å²) in [7, 11) is 0. The van der Waals surface area contributed by atoms with Gasteiger partial charge < -0.3 is 14.8 Å². The largest absolute Gasteiger partial charge is 1.00 e. The monoisotopic (exact) mass is 153 g/mol. The van der Waals surface area contributed by atoms with Gasteiger partial charge in [-0.15, -0.1) is 0 Å². The second-order valence-electron chi connectivity index (χ2n) is 0.0630. The minimum Gasteiger partial charge on any atom is -0.870 e. The van der Waals surface area contributed by atoms with E-state index < -0.39 is 11.3 Å². The minimum atomic E-state index is -0.417. The van der Waals surface area contributed by atoms with Crippen molar-refractivity contribution in [3.63, 3.8) is 0 Å². The quantitative estimate of drug-likeness (QED) is 0.324. The van der Waals surface area contributed by atoms with Gasteiger partial charge in [-0.2, -0.15) is 0 Å². The molecule has 1 N–H and O–H groups in total. The predicted molar refractivity (Wildman–Crippen MR) is 1.94 cm³/mol. The van der Waals surface area contributed by atoms with Gasteiger partial charge in [0.15, 0.2) is 0 Å². The normalized spacial score (nSPS) is 2.57. The zero-order chi connectivity index (χ0) is 2.71. The van der Waals surface area contributed by atoms with Crippen molar-refractivity contribution in [3.05, 3.63) is 0 Å². The molecule has 0 radical (unpaired) electrons. The molecule has 0 atom stereocenters. The van der Waals surface area contributed by atoms with Crippen LogP contribution in [0.4, 0.5) is 0 Å². The van der Waals surface area contributed by atoms with Crippen LogP contribution < -0.4 is 98.0 Å². The molecule has 0 aromatic rings. The predicted octanol–water partition coefficient (Wildman–Crippen LogP) is -11.5. The molecule has 0 unspecified atom stereocenters. The molecule has 0 spiro atoms. The van der Waals surface area contributed by atoms with E-state index in [1.807, 2.05) is 0 Å². The molecular weight excluding hydrogens is 152 g/mol. The molecule has 0 rings (SSSR count). The fourth-order valence-electron chi connectivity index (χ4n) is 0. The molecule has 28 valence electrons. The van der Waals surface area contributed by atoms with E-state index in [0.29, 0.717) is 0 Å². The van der Waals surface area contributed by atoms with Gasteiger partial charge in [0.05, 0.1) is 11.3 Å². The maximum atomic E-state index is 8.24. The van der Waals surface area contributed by atoms with Crippen LogP contribution in [-0.2, 0) is 0 Å². The minimum absolute atomic E-state index is 0. The van der Waals surface area contributed by atoms with Gasteiger partial charge in [0.25, 0.3) is 0 Å². The molecule has 3 nitrogen and oxygen atoms in total. The third-order valence-corrected chi connectivity index (χ3v) is 0. The van der Waals surface area contributed by atoms with Crippen molar-refractivity contribution in [2.24, 2.45) is 0 Å². The van der Waals surface area contributed by atoms with Crippen LogP contribution in [0.15, 0.2) is 0 Å². The van der Waals surface area contributed by atoms with Gasteiger partial charge in [-0.1, -0.05) is 0 Å². The van der Waals surface area contributed by atoms with Gasteiger partial charge in [-0.05, 0) is 0 Å². The van der Waals surface area contributed by atoms with Gasteiger partial charge in [0.1, 0.15) is 0 Å². The van der Waals surface area contributed by atoms with E-state index in [1.165, 1.54) is 0 Å². The maximum Gasteiger partial charge on any atom is 1.00 e. The molecule has 0 aliphatic heterocycles. The standard InChI is InChI=1S/ClO2.3Na.H2O/c2-1-3;;;;/h;;;;1H2/q-1;3*+1;/p-1. The molecule has 0 aliphatic rings. The Balaban J connectivity index is -0.00000000333. The Morgan fingerprint density at radius 1 is 0.857 bits per heavy atom. The van der Waals surface area contributed by atoms with Crippen LogP contribution in [0.2, 0.25) is 0 Å². The number of hydrogen-bond donors (Lipinski definition) is 0. The Morgan fingerprint density at radius 2 is 0.857 bits per heavy atom. The number of hydrogen-bond acceptors (Lipinski definition) is 3. The molecule has 0 saturated carbocycles. The van der Waals surface area contributed by atoms with Crippen molar-refractivity contribution in [2.75, 3.05) is 0 Å². The average molecular weight is 153 g/mol.